The Labute approximate surface area is 134 Å². The van der Waals surface area contributed by atoms with Crippen molar-refractivity contribution < 1.29 is 4.74 Å². The van der Waals surface area contributed by atoms with E-state index in [1.54, 1.807) is 4.68 Å². The van der Waals surface area contributed by atoms with Crippen LogP contribution in [0.3, 0.4) is 0 Å². The van der Waals surface area contributed by atoms with Crippen LogP contribution in [-0.2, 0) is 13.2 Å². The number of hydrogen-bond donors (Lipinski definition) is 0. The van der Waals surface area contributed by atoms with E-state index < -0.39 is 0 Å². The first kappa shape index (κ1) is 14.6. The van der Waals surface area contributed by atoms with Crippen LogP contribution in [0.25, 0.3) is 0 Å². The van der Waals surface area contributed by atoms with Crippen molar-refractivity contribution in [1.29, 1.82) is 0 Å². The van der Waals surface area contributed by atoms with Gasteiger partial charge in [0, 0.05) is 5.02 Å². The van der Waals surface area contributed by atoms with Gasteiger partial charge in [-0.1, -0.05) is 46.6 Å². The summed E-state index contributed by atoms with van der Waals surface area (Å²) < 4.78 is 7.48. The molecule has 2 aromatic carbocycles. The lowest BCUT2D eigenvalue weighted by Gasteiger charge is -2.03. The summed E-state index contributed by atoms with van der Waals surface area (Å²) in [5, 5.41) is 8.97. The van der Waals surface area contributed by atoms with Crippen molar-refractivity contribution in [3.8, 4) is 5.75 Å². The highest BCUT2D eigenvalue weighted by Gasteiger charge is 2.03. The second kappa shape index (κ2) is 6.62. The molecular weight excluding hydrogens is 298 g/mol. The van der Waals surface area contributed by atoms with Gasteiger partial charge in [-0.15, -0.1) is 5.10 Å². The van der Waals surface area contributed by atoms with Gasteiger partial charge in [-0.2, -0.15) is 0 Å². The molecule has 0 aliphatic rings. The third kappa shape index (κ3) is 3.86. The molecule has 0 radical (unpaired) electrons. The van der Waals surface area contributed by atoms with Gasteiger partial charge < -0.3 is 4.74 Å². The number of halogens is 1. The summed E-state index contributed by atoms with van der Waals surface area (Å²) >= 11 is 5.88. The average molecular weight is 314 g/mol. The Morgan fingerprint density at radius 1 is 1.05 bits per heavy atom. The number of nitrogens with zero attached hydrogens (tertiary/aromatic N) is 3. The van der Waals surface area contributed by atoms with E-state index in [2.05, 4.69) is 10.3 Å². The SMILES string of the molecule is Cc1ccc(OCc2cn(Cc3ccc(Cl)cc3)nn2)cc1. The van der Waals surface area contributed by atoms with Crippen LogP contribution in [0.5, 0.6) is 5.75 Å². The summed E-state index contributed by atoms with van der Waals surface area (Å²) in [6.07, 6.45) is 1.89. The van der Waals surface area contributed by atoms with Crippen molar-refractivity contribution in [2.24, 2.45) is 0 Å². The first-order valence-corrected chi connectivity index (χ1v) is 7.40. The van der Waals surface area contributed by atoms with Crippen molar-refractivity contribution in [3.63, 3.8) is 0 Å². The number of rotatable bonds is 5. The smallest absolute Gasteiger partial charge is 0.134 e. The van der Waals surface area contributed by atoms with E-state index in [0.29, 0.717) is 13.2 Å². The van der Waals surface area contributed by atoms with E-state index in [4.69, 9.17) is 16.3 Å². The Bertz CT molecular complexity index is 735. The second-order valence-corrected chi connectivity index (χ2v) is 5.57. The molecule has 0 saturated heterocycles. The van der Waals surface area contributed by atoms with Gasteiger partial charge >= 0.3 is 0 Å². The van der Waals surface area contributed by atoms with Crippen molar-refractivity contribution >= 4 is 11.6 Å². The Morgan fingerprint density at radius 3 is 2.50 bits per heavy atom. The maximum atomic E-state index is 5.88. The van der Waals surface area contributed by atoms with E-state index >= 15 is 0 Å². The minimum Gasteiger partial charge on any atom is -0.487 e. The molecule has 1 aromatic heterocycles. The van der Waals surface area contributed by atoms with Crippen LogP contribution >= 0.6 is 11.6 Å². The number of aryl methyl sites for hydroxylation is 1. The standard InChI is InChI=1S/C17H16ClN3O/c1-13-2-8-17(9-3-13)22-12-16-11-21(20-19-16)10-14-4-6-15(18)7-5-14/h2-9,11H,10,12H2,1H3. The molecule has 112 valence electrons. The largest absolute Gasteiger partial charge is 0.487 e. The lowest BCUT2D eigenvalue weighted by Crippen LogP contribution is -2.00. The minimum absolute atomic E-state index is 0.406. The van der Waals surface area contributed by atoms with Crippen molar-refractivity contribution in [2.75, 3.05) is 0 Å². The van der Waals surface area contributed by atoms with Gasteiger partial charge in [0.15, 0.2) is 0 Å². The summed E-state index contributed by atoms with van der Waals surface area (Å²) in [5.41, 5.74) is 3.14. The van der Waals surface area contributed by atoms with E-state index in [0.717, 1.165) is 22.0 Å². The number of aromatic nitrogens is 3. The Morgan fingerprint density at radius 2 is 1.77 bits per heavy atom. The Kier molecular flexibility index (Phi) is 4.39. The van der Waals surface area contributed by atoms with E-state index in [1.807, 2.05) is 61.7 Å². The lowest BCUT2D eigenvalue weighted by molar-refractivity contribution is 0.301. The zero-order valence-electron chi connectivity index (χ0n) is 12.2. The van der Waals surface area contributed by atoms with Crippen LogP contribution in [0.4, 0.5) is 0 Å². The first-order chi connectivity index (χ1) is 10.7. The summed E-state index contributed by atoms with van der Waals surface area (Å²) in [4.78, 5) is 0. The molecule has 1 heterocycles. The van der Waals surface area contributed by atoms with Gasteiger partial charge in [0.2, 0.25) is 0 Å². The molecule has 0 fully saturated rings. The van der Waals surface area contributed by atoms with Gasteiger partial charge in [-0.05, 0) is 36.8 Å². The number of benzene rings is 2. The fourth-order valence-electron chi connectivity index (χ4n) is 2.05. The zero-order valence-corrected chi connectivity index (χ0v) is 13.0. The van der Waals surface area contributed by atoms with E-state index in [1.165, 1.54) is 5.56 Å². The van der Waals surface area contributed by atoms with Gasteiger partial charge in [-0.25, -0.2) is 4.68 Å². The average Bonchev–Trinajstić information content (AvgIpc) is 2.97. The first-order valence-electron chi connectivity index (χ1n) is 7.02. The van der Waals surface area contributed by atoms with Crippen molar-refractivity contribution in [2.45, 2.75) is 20.1 Å². The minimum atomic E-state index is 0.406. The molecule has 3 rings (SSSR count). The van der Waals surface area contributed by atoms with E-state index in [-0.39, 0.29) is 0 Å². The van der Waals surface area contributed by atoms with Crippen molar-refractivity contribution in [3.05, 3.63) is 76.6 Å². The molecule has 22 heavy (non-hydrogen) atoms. The van der Waals surface area contributed by atoms with Crippen LogP contribution in [0.15, 0.2) is 54.7 Å². The maximum absolute atomic E-state index is 5.88. The summed E-state index contributed by atoms with van der Waals surface area (Å²) in [7, 11) is 0. The fraction of sp³-hybridized carbons (Fsp3) is 0.176. The predicted molar refractivity (Wildman–Crippen MR) is 86.1 cm³/mol. The Balaban J connectivity index is 1.59. The highest BCUT2D eigenvalue weighted by atomic mass is 35.5. The molecule has 0 unspecified atom stereocenters. The number of hydrogen-bond acceptors (Lipinski definition) is 3. The quantitative estimate of drug-likeness (QED) is 0.718. The molecule has 0 aliphatic carbocycles. The van der Waals surface area contributed by atoms with E-state index in [9.17, 15) is 0 Å². The van der Waals surface area contributed by atoms with Crippen LogP contribution in [-0.4, -0.2) is 15.0 Å². The van der Waals surface area contributed by atoms with Crippen LogP contribution in [0.1, 0.15) is 16.8 Å². The zero-order chi connectivity index (χ0) is 15.4. The molecule has 0 amide bonds. The summed E-state index contributed by atoms with van der Waals surface area (Å²) in [6, 6.07) is 15.6. The molecular formula is C17H16ClN3O. The highest BCUT2D eigenvalue weighted by Crippen LogP contribution is 2.13. The number of ether oxygens (including phenoxy) is 1. The molecule has 0 N–H and O–H groups in total. The third-order valence-electron chi connectivity index (χ3n) is 3.25. The van der Waals surface area contributed by atoms with Gasteiger partial charge in [0.1, 0.15) is 18.1 Å². The molecule has 0 aliphatic heterocycles. The summed E-state index contributed by atoms with van der Waals surface area (Å²) in [5.74, 6) is 0.831. The predicted octanol–water partition coefficient (Wildman–Crippen LogP) is 3.87. The molecule has 0 bridgehead atoms. The van der Waals surface area contributed by atoms with Gasteiger partial charge in [0.25, 0.3) is 0 Å². The highest BCUT2D eigenvalue weighted by molar-refractivity contribution is 6.30. The molecule has 0 saturated carbocycles. The van der Waals surface area contributed by atoms with Crippen LogP contribution in [0, 0.1) is 6.92 Å². The molecule has 5 heteroatoms. The Hall–Kier alpha value is -2.33. The van der Waals surface area contributed by atoms with Crippen LogP contribution < -0.4 is 4.74 Å². The van der Waals surface area contributed by atoms with Crippen LogP contribution in [0.2, 0.25) is 5.02 Å². The summed E-state index contributed by atoms with van der Waals surface area (Å²) in [6.45, 7) is 3.12. The third-order valence-corrected chi connectivity index (χ3v) is 3.50. The molecule has 0 atom stereocenters. The normalized spacial score (nSPS) is 10.6. The second-order valence-electron chi connectivity index (χ2n) is 5.14. The molecule has 3 aromatic rings. The monoisotopic (exact) mass is 313 g/mol. The van der Waals surface area contributed by atoms with Crippen molar-refractivity contribution in [1.82, 2.24) is 15.0 Å². The maximum Gasteiger partial charge on any atom is 0.134 e. The molecule has 4 nitrogen and oxygen atoms in total. The van der Waals surface area contributed by atoms with Gasteiger partial charge in [0.05, 0.1) is 12.7 Å². The van der Waals surface area contributed by atoms with Gasteiger partial charge in [-0.3, -0.25) is 0 Å². The lowest BCUT2D eigenvalue weighted by atomic mass is 10.2. The fourth-order valence-corrected chi connectivity index (χ4v) is 2.18. The molecule has 0 spiro atoms. The topological polar surface area (TPSA) is 39.9 Å².